The number of halogens is 1. The van der Waals surface area contributed by atoms with Crippen LogP contribution in [0.15, 0.2) is 36.7 Å². The van der Waals surface area contributed by atoms with Crippen LogP contribution in [0, 0.1) is 6.92 Å². The largest absolute Gasteiger partial charge is 0.351 e. The number of benzene rings is 1. The molecule has 172 valence electrons. The Morgan fingerprint density at radius 1 is 1.09 bits per heavy atom. The Labute approximate surface area is 195 Å². The van der Waals surface area contributed by atoms with Crippen LogP contribution < -0.4 is 10.2 Å². The molecule has 6 nitrogen and oxygen atoms in total. The van der Waals surface area contributed by atoms with Crippen LogP contribution in [0.1, 0.15) is 75.9 Å². The molecular weight excluding hydrogens is 424 g/mol. The molecule has 1 fully saturated rings. The highest BCUT2D eigenvalue weighted by molar-refractivity contribution is 6.29. The van der Waals surface area contributed by atoms with Crippen molar-refractivity contribution in [2.24, 2.45) is 0 Å². The molecule has 3 rings (SSSR count). The number of nitrogens with one attached hydrogen (secondary N) is 1. The van der Waals surface area contributed by atoms with Gasteiger partial charge in [0.2, 0.25) is 11.8 Å². The molecule has 1 atom stereocenters. The van der Waals surface area contributed by atoms with Crippen molar-refractivity contribution in [1.82, 2.24) is 15.3 Å². The van der Waals surface area contributed by atoms with Gasteiger partial charge in [-0.1, -0.05) is 52.2 Å². The van der Waals surface area contributed by atoms with Crippen molar-refractivity contribution in [2.75, 3.05) is 10.8 Å². The van der Waals surface area contributed by atoms with Gasteiger partial charge in [0.05, 0.1) is 17.6 Å². The molecule has 1 unspecified atom stereocenters. The number of rotatable bonds is 6. The minimum absolute atomic E-state index is 0.0277. The summed E-state index contributed by atoms with van der Waals surface area (Å²) >= 11 is 5.99. The van der Waals surface area contributed by atoms with E-state index in [9.17, 15) is 9.59 Å². The molecule has 32 heavy (non-hydrogen) atoms. The summed E-state index contributed by atoms with van der Waals surface area (Å²) in [5, 5.41) is 3.15. The quantitative estimate of drug-likeness (QED) is 0.631. The highest BCUT2D eigenvalue weighted by Gasteiger charge is 2.35. The van der Waals surface area contributed by atoms with E-state index in [1.54, 1.807) is 12.4 Å². The first-order valence-corrected chi connectivity index (χ1v) is 11.8. The Hall–Kier alpha value is -2.47. The van der Waals surface area contributed by atoms with Crippen LogP contribution >= 0.6 is 11.6 Å². The monoisotopic (exact) mass is 456 g/mol. The van der Waals surface area contributed by atoms with E-state index in [0.29, 0.717) is 11.4 Å². The van der Waals surface area contributed by atoms with Crippen LogP contribution in [-0.2, 0) is 15.0 Å². The summed E-state index contributed by atoms with van der Waals surface area (Å²) in [7, 11) is 0. The zero-order valence-corrected chi connectivity index (χ0v) is 20.2. The number of alkyl halides is 1. The Morgan fingerprint density at radius 3 is 2.28 bits per heavy atom. The Kier molecular flexibility index (Phi) is 7.88. The minimum Gasteiger partial charge on any atom is -0.351 e. The molecule has 0 saturated heterocycles. The molecule has 1 aliphatic rings. The van der Waals surface area contributed by atoms with Crippen LogP contribution in [0.4, 0.5) is 5.69 Å². The van der Waals surface area contributed by atoms with Crippen LogP contribution in [0.3, 0.4) is 0 Å². The van der Waals surface area contributed by atoms with E-state index in [1.165, 1.54) is 11.3 Å². The fourth-order valence-electron chi connectivity index (χ4n) is 4.08. The Balaban J connectivity index is 2.01. The van der Waals surface area contributed by atoms with Crippen LogP contribution in [-0.4, -0.2) is 33.7 Å². The maximum Gasteiger partial charge on any atom is 0.249 e. The number of hydrogen-bond acceptors (Lipinski definition) is 4. The Morgan fingerprint density at radius 2 is 1.75 bits per heavy atom. The van der Waals surface area contributed by atoms with Gasteiger partial charge in [-0.2, -0.15) is 0 Å². The molecule has 1 aromatic carbocycles. The predicted molar refractivity (Wildman–Crippen MR) is 128 cm³/mol. The topological polar surface area (TPSA) is 75.2 Å². The van der Waals surface area contributed by atoms with Crippen molar-refractivity contribution < 1.29 is 9.59 Å². The molecule has 0 radical (unpaired) electrons. The van der Waals surface area contributed by atoms with Gasteiger partial charge in [-0.15, -0.1) is 11.6 Å². The lowest BCUT2D eigenvalue weighted by molar-refractivity contribution is -0.126. The number of aryl methyl sites for hydroxylation is 1. The molecule has 1 aromatic heterocycles. The van der Waals surface area contributed by atoms with Gasteiger partial charge < -0.3 is 5.32 Å². The zero-order chi connectivity index (χ0) is 23.3. The number of amides is 2. The maximum atomic E-state index is 13.5. The van der Waals surface area contributed by atoms with Crippen LogP contribution in [0.2, 0.25) is 0 Å². The van der Waals surface area contributed by atoms with E-state index >= 15 is 0 Å². The van der Waals surface area contributed by atoms with Gasteiger partial charge in [-0.05, 0) is 42.9 Å². The van der Waals surface area contributed by atoms with Crippen molar-refractivity contribution in [3.63, 3.8) is 0 Å². The van der Waals surface area contributed by atoms with Crippen LogP contribution in [0.5, 0.6) is 0 Å². The van der Waals surface area contributed by atoms with Crippen molar-refractivity contribution >= 4 is 29.1 Å². The predicted octanol–water partition coefficient (Wildman–Crippen LogP) is 4.84. The molecule has 1 aliphatic carbocycles. The standard InChI is InChI=1S/C25H33ClN4O2/c1-17-15-28-21(16-27-17)23(24(32)29-19-8-6-5-7-9-19)30(22(31)14-26)20-12-10-18(11-13-20)25(2,3)4/h10-13,15-16,19,23H,5-9,14H2,1-4H3,(H,29,32). The zero-order valence-electron chi connectivity index (χ0n) is 19.4. The van der Waals surface area contributed by atoms with Crippen molar-refractivity contribution in [2.45, 2.75) is 77.3 Å². The van der Waals surface area contributed by atoms with Gasteiger partial charge in [0, 0.05) is 17.9 Å². The molecule has 2 amide bonds. The van der Waals surface area contributed by atoms with Gasteiger partial charge in [0.25, 0.3) is 0 Å². The third kappa shape index (κ3) is 5.85. The fourth-order valence-corrected chi connectivity index (χ4v) is 4.21. The summed E-state index contributed by atoms with van der Waals surface area (Å²) in [6.07, 6.45) is 8.46. The second-order valence-electron chi connectivity index (χ2n) is 9.52. The average Bonchev–Trinajstić information content (AvgIpc) is 2.78. The average molecular weight is 457 g/mol. The van der Waals surface area contributed by atoms with Gasteiger partial charge >= 0.3 is 0 Å². The minimum atomic E-state index is -0.947. The van der Waals surface area contributed by atoms with Gasteiger partial charge in [-0.3, -0.25) is 24.5 Å². The summed E-state index contributed by atoms with van der Waals surface area (Å²) in [5.41, 5.74) is 2.87. The Bertz CT molecular complexity index is 916. The van der Waals surface area contributed by atoms with E-state index in [2.05, 4.69) is 36.1 Å². The van der Waals surface area contributed by atoms with Crippen molar-refractivity contribution in [1.29, 1.82) is 0 Å². The smallest absolute Gasteiger partial charge is 0.249 e. The molecule has 2 aromatic rings. The first-order valence-electron chi connectivity index (χ1n) is 11.3. The normalized spacial score (nSPS) is 15.8. The SMILES string of the molecule is Cc1cnc(C(C(=O)NC2CCCCC2)N(C(=O)CCl)c2ccc(C(C)(C)C)cc2)cn1. The molecule has 7 heteroatoms. The second kappa shape index (κ2) is 10.4. The molecule has 0 spiro atoms. The third-order valence-corrected chi connectivity index (χ3v) is 6.16. The summed E-state index contributed by atoms with van der Waals surface area (Å²) in [6.45, 7) is 8.23. The number of carbonyl (C=O) groups excluding carboxylic acids is 2. The van der Waals surface area contributed by atoms with Crippen molar-refractivity contribution in [3.05, 3.63) is 53.6 Å². The lowest BCUT2D eigenvalue weighted by Crippen LogP contribution is -2.48. The maximum absolute atomic E-state index is 13.5. The summed E-state index contributed by atoms with van der Waals surface area (Å²) < 4.78 is 0. The van der Waals surface area contributed by atoms with E-state index in [1.807, 2.05) is 31.2 Å². The molecular formula is C25H33ClN4O2. The number of nitrogens with zero attached hydrogens (tertiary/aromatic N) is 3. The fraction of sp³-hybridized carbons (Fsp3) is 0.520. The number of aromatic nitrogens is 2. The summed E-state index contributed by atoms with van der Waals surface area (Å²) in [5.74, 6) is -0.858. The third-order valence-electron chi connectivity index (χ3n) is 5.93. The molecule has 1 N–H and O–H groups in total. The van der Waals surface area contributed by atoms with Gasteiger partial charge in [-0.25, -0.2) is 0 Å². The highest BCUT2D eigenvalue weighted by atomic mass is 35.5. The van der Waals surface area contributed by atoms with Gasteiger partial charge in [0.15, 0.2) is 6.04 Å². The van der Waals surface area contributed by atoms with E-state index in [4.69, 9.17) is 11.6 Å². The molecule has 0 bridgehead atoms. The number of hydrogen-bond donors (Lipinski definition) is 1. The summed E-state index contributed by atoms with van der Waals surface area (Å²) in [6, 6.07) is 6.87. The lowest BCUT2D eigenvalue weighted by atomic mass is 9.87. The lowest BCUT2D eigenvalue weighted by Gasteiger charge is -2.32. The summed E-state index contributed by atoms with van der Waals surface area (Å²) in [4.78, 5) is 36.8. The first kappa shape index (κ1) is 24.2. The second-order valence-corrected chi connectivity index (χ2v) is 9.79. The van der Waals surface area contributed by atoms with E-state index < -0.39 is 6.04 Å². The van der Waals surface area contributed by atoms with Crippen LogP contribution in [0.25, 0.3) is 0 Å². The van der Waals surface area contributed by atoms with E-state index in [-0.39, 0.29) is 29.2 Å². The molecule has 1 heterocycles. The van der Waals surface area contributed by atoms with Gasteiger partial charge in [0.1, 0.15) is 5.88 Å². The number of anilines is 1. The van der Waals surface area contributed by atoms with E-state index in [0.717, 1.165) is 36.9 Å². The first-order chi connectivity index (χ1) is 15.2. The highest BCUT2D eigenvalue weighted by Crippen LogP contribution is 2.31. The number of carbonyl (C=O) groups is 2. The molecule has 1 saturated carbocycles. The van der Waals surface area contributed by atoms with Crippen molar-refractivity contribution in [3.8, 4) is 0 Å². The molecule has 0 aliphatic heterocycles.